The highest BCUT2D eigenvalue weighted by atomic mass is 16.5. The van der Waals surface area contributed by atoms with Crippen LogP contribution in [-0.4, -0.2) is 35.9 Å². The van der Waals surface area contributed by atoms with Gasteiger partial charge in [-0.05, 0) is 59.7 Å². The number of hydrogen-bond acceptors (Lipinski definition) is 3. The van der Waals surface area contributed by atoms with Crippen molar-refractivity contribution in [1.29, 1.82) is 0 Å². The van der Waals surface area contributed by atoms with Gasteiger partial charge in [0.2, 0.25) is 11.8 Å². The van der Waals surface area contributed by atoms with Crippen molar-refractivity contribution in [3.63, 3.8) is 0 Å². The van der Waals surface area contributed by atoms with Gasteiger partial charge in [0.05, 0.1) is 7.11 Å². The number of carbonyl (C=O) groups excluding carboxylic acids is 2. The molecule has 1 fully saturated rings. The maximum atomic E-state index is 13.7. The standard InChI is InChI=1S/C31H38N2O3/c1-3-29(31(35)32-26-15-5-4-6-16-26)33(22-23-11-9-17-27(21-23)36-2)30(34)20-19-25-14-10-13-24-12-7-8-18-28(24)25/h7-14,17-18,21,26,29H,3-6,15-16,19-20,22H2,1-2H3,(H,32,35)/t29-/m0/s1. The van der Waals surface area contributed by atoms with E-state index in [-0.39, 0.29) is 17.9 Å². The van der Waals surface area contributed by atoms with Crippen LogP contribution in [0.25, 0.3) is 10.8 Å². The molecule has 190 valence electrons. The number of benzene rings is 3. The number of aryl methyl sites for hydroxylation is 1. The van der Waals surface area contributed by atoms with Gasteiger partial charge in [0.15, 0.2) is 0 Å². The number of ether oxygens (including phenoxy) is 1. The van der Waals surface area contributed by atoms with Crippen molar-refractivity contribution < 1.29 is 14.3 Å². The highest BCUT2D eigenvalue weighted by Crippen LogP contribution is 2.23. The number of fused-ring (bicyclic) bond motifs is 1. The molecule has 0 saturated heterocycles. The van der Waals surface area contributed by atoms with Crippen molar-refractivity contribution in [2.45, 2.75) is 76.9 Å². The highest BCUT2D eigenvalue weighted by molar-refractivity contribution is 5.89. The third-order valence-electron chi connectivity index (χ3n) is 7.31. The fraction of sp³-hybridized carbons (Fsp3) is 0.419. The second kappa shape index (κ2) is 12.6. The number of hydrogen-bond donors (Lipinski definition) is 1. The summed E-state index contributed by atoms with van der Waals surface area (Å²) in [4.78, 5) is 28.9. The Bertz CT molecular complexity index is 1160. The molecule has 36 heavy (non-hydrogen) atoms. The monoisotopic (exact) mass is 486 g/mol. The van der Waals surface area contributed by atoms with E-state index in [2.05, 4.69) is 29.6 Å². The molecule has 0 spiro atoms. The van der Waals surface area contributed by atoms with Crippen LogP contribution in [0, 0.1) is 0 Å². The van der Waals surface area contributed by atoms with Crippen LogP contribution in [0.2, 0.25) is 0 Å². The van der Waals surface area contributed by atoms with Gasteiger partial charge in [0, 0.05) is 19.0 Å². The van der Waals surface area contributed by atoms with E-state index in [0.29, 0.717) is 25.8 Å². The van der Waals surface area contributed by atoms with Crippen LogP contribution in [0.15, 0.2) is 66.7 Å². The Morgan fingerprint density at radius 1 is 1.00 bits per heavy atom. The molecule has 0 bridgehead atoms. The summed E-state index contributed by atoms with van der Waals surface area (Å²) in [6.07, 6.45) is 7.14. The summed E-state index contributed by atoms with van der Waals surface area (Å²) in [5.74, 6) is 0.706. The maximum Gasteiger partial charge on any atom is 0.243 e. The largest absolute Gasteiger partial charge is 0.497 e. The van der Waals surface area contributed by atoms with E-state index in [1.54, 1.807) is 12.0 Å². The minimum Gasteiger partial charge on any atom is -0.497 e. The number of rotatable bonds is 10. The lowest BCUT2D eigenvalue weighted by molar-refractivity contribution is -0.141. The summed E-state index contributed by atoms with van der Waals surface area (Å²) in [7, 11) is 1.64. The molecule has 0 radical (unpaired) electrons. The van der Waals surface area contributed by atoms with E-state index < -0.39 is 6.04 Å². The molecule has 3 aromatic rings. The van der Waals surface area contributed by atoms with E-state index in [1.807, 2.05) is 49.4 Å². The number of amides is 2. The lowest BCUT2D eigenvalue weighted by atomic mass is 9.95. The van der Waals surface area contributed by atoms with Crippen molar-refractivity contribution in [2.24, 2.45) is 0 Å². The molecular formula is C31H38N2O3. The van der Waals surface area contributed by atoms with Crippen LogP contribution in [0.5, 0.6) is 5.75 Å². The molecule has 4 rings (SSSR count). The topological polar surface area (TPSA) is 58.6 Å². The first-order chi connectivity index (χ1) is 17.6. The second-order valence-corrected chi connectivity index (χ2v) is 9.78. The Labute approximate surface area is 214 Å². The summed E-state index contributed by atoms with van der Waals surface area (Å²) in [6, 6.07) is 22.0. The first-order valence-electron chi connectivity index (χ1n) is 13.3. The van der Waals surface area contributed by atoms with Crippen LogP contribution >= 0.6 is 0 Å². The fourth-order valence-electron chi connectivity index (χ4n) is 5.33. The van der Waals surface area contributed by atoms with Crippen LogP contribution in [-0.2, 0) is 22.6 Å². The van der Waals surface area contributed by atoms with E-state index in [0.717, 1.165) is 42.6 Å². The maximum absolute atomic E-state index is 13.7. The van der Waals surface area contributed by atoms with E-state index in [1.165, 1.54) is 17.2 Å². The van der Waals surface area contributed by atoms with E-state index in [4.69, 9.17) is 4.74 Å². The predicted molar refractivity (Wildman–Crippen MR) is 145 cm³/mol. The molecule has 1 aliphatic carbocycles. The van der Waals surface area contributed by atoms with Gasteiger partial charge >= 0.3 is 0 Å². The van der Waals surface area contributed by atoms with Gasteiger partial charge in [-0.2, -0.15) is 0 Å². The molecule has 0 aliphatic heterocycles. The Morgan fingerprint density at radius 2 is 1.75 bits per heavy atom. The summed E-state index contributed by atoms with van der Waals surface area (Å²) in [5, 5.41) is 5.60. The first kappa shape index (κ1) is 25.7. The number of nitrogens with one attached hydrogen (secondary N) is 1. The molecular weight excluding hydrogens is 448 g/mol. The SMILES string of the molecule is CC[C@@H](C(=O)NC1CCCCC1)N(Cc1cccc(OC)c1)C(=O)CCc1cccc2ccccc12. The van der Waals surface area contributed by atoms with Crippen molar-refractivity contribution in [1.82, 2.24) is 10.2 Å². The van der Waals surface area contributed by atoms with Gasteiger partial charge in [-0.25, -0.2) is 0 Å². The molecule has 1 saturated carbocycles. The van der Waals surface area contributed by atoms with Crippen molar-refractivity contribution in [2.75, 3.05) is 7.11 Å². The third-order valence-corrected chi connectivity index (χ3v) is 7.31. The molecule has 0 aromatic heterocycles. The molecule has 1 atom stereocenters. The van der Waals surface area contributed by atoms with Crippen LogP contribution in [0.3, 0.4) is 0 Å². The molecule has 5 nitrogen and oxygen atoms in total. The van der Waals surface area contributed by atoms with Crippen LogP contribution < -0.4 is 10.1 Å². The summed E-state index contributed by atoms with van der Waals surface area (Å²) < 4.78 is 5.40. The average molecular weight is 487 g/mol. The number of carbonyl (C=O) groups is 2. The molecule has 3 aromatic carbocycles. The molecule has 0 unspecified atom stereocenters. The van der Waals surface area contributed by atoms with E-state index in [9.17, 15) is 9.59 Å². The number of methoxy groups -OCH3 is 1. The van der Waals surface area contributed by atoms with Gasteiger partial charge in [-0.15, -0.1) is 0 Å². The van der Waals surface area contributed by atoms with Crippen molar-refractivity contribution >= 4 is 22.6 Å². The third kappa shape index (κ3) is 6.45. The van der Waals surface area contributed by atoms with Gasteiger partial charge in [0.1, 0.15) is 11.8 Å². The summed E-state index contributed by atoms with van der Waals surface area (Å²) >= 11 is 0. The lowest BCUT2D eigenvalue weighted by Gasteiger charge is -2.33. The second-order valence-electron chi connectivity index (χ2n) is 9.78. The van der Waals surface area contributed by atoms with Crippen molar-refractivity contribution in [3.05, 3.63) is 77.9 Å². The van der Waals surface area contributed by atoms with Gasteiger partial charge in [0.25, 0.3) is 0 Å². The Kier molecular flexibility index (Phi) is 8.99. The Balaban J connectivity index is 1.54. The first-order valence-corrected chi connectivity index (χ1v) is 13.3. The quantitative estimate of drug-likeness (QED) is 0.380. The van der Waals surface area contributed by atoms with Crippen molar-refractivity contribution in [3.8, 4) is 5.75 Å². The summed E-state index contributed by atoms with van der Waals surface area (Å²) in [5.41, 5.74) is 2.11. The molecule has 5 heteroatoms. The van der Waals surface area contributed by atoms with Gasteiger partial charge < -0.3 is 15.0 Å². The Morgan fingerprint density at radius 3 is 2.53 bits per heavy atom. The molecule has 1 aliphatic rings. The van der Waals surface area contributed by atoms with E-state index >= 15 is 0 Å². The molecule has 0 heterocycles. The van der Waals surface area contributed by atoms with Crippen LogP contribution in [0.4, 0.5) is 0 Å². The van der Waals surface area contributed by atoms with Gasteiger partial charge in [-0.1, -0.05) is 80.8 Å². The normalized spacial score (nSPS) is 14.8. The zero-order valence-corrected chi connectivity index (χ0v) is 21.5. The predicted octanol–water partition coefficient (Wildman–Crippen LogP) is 6.04. The average Bonchev–Trinajstić information content (AvgIpc) is 2.92. The molecule has 2 amide bonds. The highest BCUT2D eigenvalue weighted by Gasteiger charge is 2.30. The number of nitrogens with zero attached hydrogens (tertiary/aromatic N) is 1. The zero-order chi connectivity index (χ0) is 25.3. The smallest absolute Gasteiger partial charge is 0.243 e. The fourth-order valence-corrected chi connectivity index (χ4v) is 5.33. The minimum absolute atomic E-state index is 0.00333. The lowest BCUT2D eigenvalue weighted by Crippen LogP contribution is -2.51. The Hall–Kier alpha value is -3.34. The van der Waals surface area contributed by atoms with Gasteiger partial charge in [-0.3, -0.25) is 9.59 Å². The molecule has 1 N–H and O–H groups in total. The minimum atomic E-state index is -0.502. The zero-order valence-electron chi connectivity index (χ0n) is 21.5. The van der Waals surface area contributed by atoms with Crippen LogP contribution in [0.1, 0.15) is 63.0 Å². The summed E-state index contributed by atoms with van der Waals surface area (Å²) in [6.45, 7) is 2.36.